The Kier molecular flexibility index (Phi) is 4.67. The molecule has 1 fully saturated rings. The van der Waals surface area contributed by atoms with Crippen molar-refractivity contribution in [1.82, 2.24) is 4.72 Å². The minimum Gasteiger partial charge on any atom is -0.373 e. The molecule has 112 valence electrons. The Hall–Kier alpha value is -1.11. The second-order valence-corrected chi connectivity index (χ2v) is 7.27. The number of nitrogens with one attached hydrogen (secondary N) is 1. The largest absolute Gasteiger partial charge is 0.373 e. The fourth-order valence-electron chi connectivity index (χ4n) is 2.12. The molecule has 1 atom stereocenters. The predicted molar refractivity (Wildman–Crippen MR) is 81.3 cm³/mol. The maximum Gasteiger partial charge on any atom is 0.242 e. The third kappa shape index (κ3) is 3.71. The van der Waals surface area contributed by atoms with E-state index in [-0.39, 0.29) is 6.04 Å². The average Bonchev–Trinajstić information content (AvgIpc) is 3.21. The van der Waals surface area contributed by atoms with Crippen molar-refractivity contribution in [2.45, 2.75) is 30.7 Å². The molecule has 1 aliphatic rings. The Bertz CT molecular complexity index is 555. The van der Waals surface area contributed by atoms with Crippen LogP contribution in [0.1, 0.15) is 19.8 Å². The third-order valence-corrected chi connectivity index (χ3v) is 5.02. The number of hydrogen-bond donors (Lipinski definition) is 2. The van der Waals surface area contributed by atoms with E-state index >= 15 is 0 Å². The van der Waals surface area contributed by atoms with E-state index in [1.165, 1.54) is 0 Å². The van der Waals surface area contributed by atoms with Gasteiger partial charge < -0.3 is 10.6 Å². The van der Waals surface area contributed by atoms with Crippen molar-refractivity contribution in [3.8, 4) is 0 Å². The molecule has 0 amide bonds. The monoisotopic (exact) mass is 297 g/mol. The maximum absolute atomic E-state index is 12.4. The topological polar surface area (TPSA) is 75.4 Å². The Labute approximate surface area is 121 Å². The molecule has 5 nitrogen and oxygen atoms in total. The van der Waals surface area contributed by atoms with E-state index in [4.69, 9.17) is 5.73 Å². The molecule has 1 aromatic rings. The van der Waals surface area contributed by atoms with Gasteiger partial charge in [-0.1, -0.05) is 19.1 Å². The molecule has 20 heavy (non-hydrogen) atoms. The van der Waals surface area contributed by atoms with E-state index in [2.05, 4.69) is 11.6 Å². The molecule has 1 saturated carbocycles. The van der Waals surface area contributed by atoms with Crippen molar-refractivity contribution in [3.05, 3.63) is 24.3 Å². The van der Waals surface area contributed by atoms with Crippen molar-refractivity contribution in [3.63, 3.8) is 0 Å². The van der Waals surface area contributed by atoms with Crippen LogP contribution >= 0.6 is 0 Å². The SMILES string of the molecule is CC(CN)CN(C)c1ccccc1S(=O)(=O)NC1CC1. The van der Waals surface area contributed by atoms with Crippen LogP contribution in [0.3, 0.4) is 0 Å². The maximum atomic E-state index is 12.4. The van der Waals surface area contributed by atoms with E-state index in [1.807, 2.05) is 24.1 Å². The summed E-state index contributed by atoms with van der Waals surface area (Å²) in [7, 11) is -1.54. The molecular weight excluding hydrogens is 274 g/mol. The van der Waals surface area contributed by atoms with Gasteiger partial charge in [0.15, 0.2) is 0 Å². The number of nitrogens with zero attached hydrogens (tertiary/aromatic N) is 1. The van der Waals surface area contributed by atoms with Gasteiger partial charge in [0.1, 0.15) is 4.90 Å². The van der Waals surface area contributed by atoms with E-state index in [0.29, 0.717) is 17.4 Å². The van der Waals surface area contributed by atoms with Crippen LogP contribution in [-0.4, -0.2) is 34.6 Å². The Morgan fingerprint density at radius 1 is 1.40 bits per heavy atom. The van der Waals surface area contributed by atoms with Gasteiger partial charge in [-0.25, -0.2) is 13.1 Å². The predicted octanol–water partition coefficient (Wildman–Crippen LogP) is 1.16. The van der Waals surface area contributed by atoms with Crippen molar-refractivity contribution >= 4 is 15.7 Å². The smallest absolute Gasteiger partial charge is 0.242 e. The van der Waals surface area contributed by atoms with Crippen LogP contribution in [-0.2, 0) is 10.0 Å². The van der Waals surface area contributed by atoms with Crippen LogP contribution in [0.2, 0.25) is 0 Å². The molecule has 1 aromatic carbocycles. The first-order valence-corrected chi connectivity index (χ1v) is 8.45. The number of para-hydroxylation sites is 1. The van der Waals surface area contributed by atoms with Crippen molar-refractivity contribution in [1.29, 1.82) is 0 Å². The summed E-state index contributed by atoms with van der Waals surface area (Å²) in [6.45, 7) is 3.36. The molecule has 0 aliphatic heterocycles. The average molecular weight is 297 g/mol. The van der Waals surface area contributed by atoms with Gasteiger partial charge in [0.25, 0.3) is 0 Å². The summed E-state index contributed by atoms with van der Waals surface area (Å²) < 4.78 is 27.5. The Morgan fingerprint density at radius 2 is 2.05 bits per heavy atom. The molecule has 0 aromatic heterocycles. The van der Waals surface area contributed by atoms with Gasteiger partial charge in [-0.15, -0.1) is 0 Å². The summed E-state index contributed by atoms with van der Waals surface area (Å²) in [5.41, 5.74) is 6.36. The number of hydrogen-bond acceptors (Lipinski definition) is 4. The molecule has 1 aliphatic carbocycles. The van der Waals surface area contributed by atoms with E-state index in [0.717, 1.165) is 25.1 Å². The van der Waals surface area contributed by atoms with Crippen molar-refractivity contribution in [2.24, 2.45) is 11.7 Å². The zero-order chi connectivity index (χ0) is 14.8. The molecule has 0 saturated heterocycles. The van der Waals surface area contributed by atoms with Gasteiger partial charge in [0.2, 0.25) is 10.0 Å². The molecule has 0 radical (unpaired) electrons. The first-order valence-electron chi connectivity index (χ1n) is 6.96. The van der Waals surface area contributed by atoms with Crippen LogP contribution in [0.4, 0.5) is 5.69 Å². The van der Waals surface area contributed by atoms with Crippen molar-refractivity contribution in [2.75, 3.05) is 25.0 Å². The number of rotatable bonds is 7. The number of nitrogens with two attached hydrogens (primary N) is 1. The fraction of sp³-hybridized carbons (Fsp3) is 0.571. The summed E-state index contributed by atoms with van der Waals surface area (Å²) in [6, 6.07) is 7.22. The number of sulfonamides is 1. The summed E-state index contributed by atoms with van der Waals surface area (Å²) in [6.07, 6.45) is 1.86. The normalized spacial score (nSPS) is 16.9. The highest BCUT2D eigenvalue weighted by molar-refractivity contribution is 7.89. The first-order chi connectivity index (χ1) is 9.44. The fourth-order valence-corrected chi connectivity index (χ4v) is 3.68. The van der Waals surface area contributed by atoms with E-state index in [9.17, 15) is 8.42 Å². The van der Waals surface area contributed by atoms with Gasteiger partial charge in [-0.05, 0) is 37.4 Å². The molecule has 0 spiro atoms. The molecule has 1 unspecified atom stereocenters. The minimum atomic E-state index is -3.44. The molecule has 0 heterocycles. The lowest BCUT2D eigenvalue weighted by atomic mass is 10.1. The quantitative estimate of drug-likeness (QED) is 0.792. The Morgan fingerprint density at radius 3 is 2.65 bits per heavy atom. The van der Waals surface area contributed by atoms with Gasteiger partial charge in [-0.3, -0.25) is 0 Å². The summed E-state index contributed by atoms with van der Waals surface area (Å²) in [5.74, 6) is 0.312. The summed E-state index contributed by atoms with van der Waals surface area (Å²) in [5, 5.41) is 0. The van der Waals surface area contributed by atoms with E-state index in [1.54, 1.807) is 12.1 Å². The van der Waals surface area contributed by atoms with Crippen molar-refractivity contribution < 1.29 is 8.42 Å². The standard InChI is InChI=1S/C14H23N3O2S/c1-11(9-15)10-17(2)13-5-3-4-6-14(13)20(18,19)16-12-7-8-12/h3-6,11-12,16H,7-10,15H2,1-2H3. The van der Waals surface area contributed by atoms with E-state index < -0.39 is 10.0 Å². The van der Waals surface area contributed by atoms with Gasteiger partial charge in [0.05, 0.1) is 5.69 Å². The minimum absolute atomic E-state index is 0.112. The summed E-state index contributed by atoms with van der Waals surface area (Å²) in [4.78, 5) is 2.30. The molecule has 0 bridgehead atoms. The highest BCUT2D eigenvalue weighted by Crippen LogP contribution is 2.27. The highest BCUT2D eigenvalue weighted by Gasteiger charge is 2.29. The number of anilines is 1. The van der Waals surface area contributed by atoms with Crippen LogP contribution in [0.15, 0.2) is 29.2 Å². The van der Waals surface area contributed by atoms with Gasteiger partial charge >= 0.3 is 0 Å². The lowest BCUT2D eigenvalue weighted by Crippen LogP contribution is -2.31. The first kappa shape index (κ1) is 15.3. The zero-order valence-corrected chi connectivity index (χ0v) is 12.9. The van der Waals surface area contributed by atoms with Crippen LogP contribution in [0.25, 0.3) is 0 Å². The second-order valence-electron chi connectivity index (χ2n) is 5.58. The van der Waals surface area contributed by atoms with Gasteiger partial charge in [-0.2, -0.15) is 0 Å². The molecular formula is C14H23N3O2S. The van der Waals surface area contributed by atoms with Crippen LogP contribution in [0, 0.1) is 5.92 Å². The highest BCUT2D eigenvalue weighted by atomic mass is 32.2. The van der Waals surface area contributed by atoms with Crippen LogP contribution in [0.5, 0.6) is 0 Å². The molecule has 2 rings (SSSR count). The summed E-state index contributed by atoms with van der Waals surface area (Å²) >= 11 is 0. The van der Waals surface area contributed by atoms with Crippen LogP contribution < -0.4 is 15.4 Å². The second kappa shape index (κ2) is 6.11. The molecule has 3 N–H and O–H groups in total. The lowest BCUT2D eigenvalue weighted by Gasteiger charge is -2.25. The molecule has 6 heteroatoms. The third-order valence-electron chi connectivity index (χ3n) is 3.45. The number of benzene rings is 1. The zero-order valence-electron chi connectivity index (χ0n) is 12.0. The Balaban J connectivity index is 2.25. The lowest BCUT2D eigenvalue weighted by molar-refractivity contribution is 0.575. The van der Waals surface area contributed by atoms with Gasteiger partial charge in [0, 0.05) is 19.6 Å².